The van der Waals surface area contributed by atoms with E-state index in [9.17, 15) is 0 Å². The van der Waals surface area contributed by atoms with Gasteiger partial charge in [-0.15, -0.1) is 0 Å². The van der Waals surface area contributed by atoms with Crippen molar-refractivity contribution in [3.8, 4) is 11.5 Å². The number of ether oxygens (including phenoxy) is 2. The van der Waals surface area contributed by atoms with E-state index in [1.54, 1.807) is 0 Å². The molecule has 1 N–H and O–H groups in total. The number of rotatable bonds is 3. The van der Waals surface area contributed by atoms with Crippen molar-refractivity contribution in [2.45, 2.75) is 45.2 Å². The van der Waals surface area contributed by atoms with Crippen molar-refractivity contribution in [3.63, 3.8) is 0 Å². The van der Waals surface area contributed by atoms with E-state index in [2.05, 4.69) is 24.4 Å². The van der Waals surface area contributed by atoms with E-state index in [1.807, 2.05) is 6.07 Å². The Kier molecular flexibility index (Phi) is 3.41. The van der Waals surface area contributed by atoms with Crippen LogP contribution in [0.1, 0.15) is 38.2 Å². The standard InChI is InChI=1S/C15H21NO2/c1-11-3-2-4-13(7-11)16-9-12-5-6-14-15(8-12)18-10-17-14/h5-6,8,11,13,16H,2-4,7,9-10H2,1H3. The molecule has 1 fully saturated rings. The summed E-state index contributed by atoms with van der Waals surface area (Å²) in [6, 6.07) is 6.89. The zero-order valence-corrected chi connectivity index (χ0v) is 10.9. The molecule has 3 heteroatoms. The highest BCUT2D eigenvalue weighted by molar-refractivity contribution is 5.44. The topological polar surface area (TPSA) is 30.5 Å². The van der Waals surface area contributed by atoms with Gasteiger partial charge in [-0.2, -0.15) is 0 Å². The van der Waals surface area contributed by atoms with Crippen LogP contribution >= 0.6 is 0 Å². The van der Waals surface area contributed by atoms with E-state index < -0.39 is 0 Å². The van der Waals surface area contributed by atoms with Gasteiger partial charge >= 0.3 is 0 Å². The van der Waals surface area contributed by atoms with E-state index in [1.165, 1.54) is 31.2 Å². The quantitative estimate of drug-likeness (QED) is 0.890. The third kappa shape index (κ3) is 2.61. The Morgan fingerprint density at radius 3 is 3.00 bits per heavy atom. The fourth-order valence-corrected chi connectivity index (χ4v) is 2.93. The Labute approximate surface area is 108 Å². The van der Waals surface area contributed by atoms with Gasteiger partial charge in [0.05, 0.1) is 0 Å². The molecule has 0 aromatic heterocycles. The summed E-state index contributed by atoms with van der Waals surface area (Å²) in [6.45, 7) is 3.63. The number of nitrogens with one attached hydrogen (secondary N) is 1. The molecule has 1 saturated carbocycles. The summed E-state index contributed by atoms with van der Waals surface area (Å²) in [5.41, 5.74) is 1.28. The van der Waals surface area contributed by atoms with Gasteiger partial charge in [-0.3, -0.25) is 0 Å². The fourth-order valence-electron chi connectivity index (χ4n) is 2.93. The summed E-state index contributed by atoms with van der Waals surface area (Å²) in [5.74, 6) is 2.62. The minimum atomic E-state index is 0.354. The van der Waals surface area contributed by atoms with Gasteiger partial charge in [-0.25, -0.2) is 0 Å². The Morgan fingerprint density at radius 2 is 2.11 bits per heavy atom. The Morgan fingerprint density at radius 1 is 1.22 bits per heavy atom. The van der Waals surface area contributed by atoms with E-state index in [0.717, 1.165) is 24.0 Å². The number of hydrogen-bond acceptors (Lipinski definition) is 3. The van der Waals surface area contributed by atoms with Gasteiger partial charge in [0.1, 0.15) is 0 Å². The average molecular weight is 247 g/mol. The predicted molar refractivity (Wildman–Crippen MR) is 70.8 cm³/mol. The fraction of sp³-hybridized carbons (Fsp3) is 0.600. The van der Waals surface area contributed by atoms with E-state index in [-0.39, 0.29) is 0 Å². The lowest BCUT2D eigenvalue weighted by atomic mass is 9.87. The largest absolute Gasteiger partial charge is 0.454 e. The van der Waals surface area contributed by atoms with Crippen molar-refractivity contribution in [2.24, 2.45) is 5.92 Å². The van der Waals surface area contributed by atoms with Gasteiger partial charge in [0.2, 0.25) is 6.79 Å². The monoisotopic (exact) mass is 247 g/mol. The van der Waals surface area contributed by atoms with Crippen LogP contribution in [0, 0.1) is 5.92 Å². The zero-order chi connectivity index (χ0) is 12.4. The molecule has 1 aromatic rings. The number of hydrogen-bond donors (Lipinski definition) is 1. The molecule has 0 spiro atoms. The van der Waals surface area contributed by atoms with Crippen LogP contribution in [0.25, 0.3) is 0 Å². The molecule has 3 nitrogen and oxygen atoms in total. The molecule has 98 valence electrons. The van der Waals surface area contributed by atoms with Gasteiger partial charge in [0.25, 0.3) is 0 Å². The lowest BCUT2D eigenvalue weighted by molar-refractivity contribution is 0.174. The molecule has 1 heterocycles. The molecule has 18 heavy (non-hydrogen) atoms. The highest BCUT2D eigenvalue weighted by Gasteiger charge is 2.18. The van der Waals surface area contributed by atoms with Gasteiger partial charge in [0, 0.05) is 12.6 Å². The lowest BCUT2D eigenvalue weighted by Gasteiger charge is -2.27. The van der Waals surface area contributed by atoms with Crippen LogP contribution in [0.15, 0.2) is 18.2 Å². The molecule has 0 amide bonds. The van der Waals surface area contributed by atoms with Crippen LogP contribution in [0.4, 0.5) is 0 Å². The maximum atomic E-state index is 5.40. The highest BCUT2D eigenvalue weighted by atomic mass is 16.7. The summed E-state index contributed by atoms with van der Waals surface area (Å²) in [4.78, 5) is 0. The molecule has 1 aromatic carbocycles. The average Bonchev–Trinajstić information content (AvgIpc) is 2.84. The second-order valence-electron chi connectivity index (χ2n) is 5.54. The maximum Gasteiger partial charge on any atom is 0.231 e. The van der Waals surface area contributed by atoms with Crippen LogP contribution < -0.4 is 14.8 Å². The summed E-state index contributed by atoms with van der Waals surface area (Å²) in [6.07, 6.45) is 5.38. The molecule has 0 bridgehead atoms. The Bertz CT molecular complexity index is 419. The Hall–Kier alpha value is -1.22. The minimum absolute atomic E-state index is 0.354. The summed E-state index contributed by atoms with van der Waals surface area (Å²) in [7, 11) is 0. The SMILES string of the molecule is CC1CCCC(NCc2ccc3c(c2)OCO3)C1. The molecule has 0 saturated heterocycles. The maximum absolute atomic E-state index is 5.40. The van der Waals surface area contributed by atoms with E-state index in [4.69, 9.17) is 9.47 Å². The van der Waals surface area contributed by atoms with Crippen LogP contribution in [0.5, 0.6) is 11.5 Å². The molecule has 0 radical (unpaired) electrons. The molecular formula is C15H21NO2. The van der Waals surface area contributed by atoms with Crippen LogP contribution in [0.2, 0.25) is 0 Å². The van der Waals surface area contributed by atoms with Crippen molar-refractivity contribution in [1.82, 2.24) is 5.32 Å². The first-order chi connectivity index (χ1) is 8.81. The Balaban J connectivity index is 1.56. The summed E-state index contributed by atoms with van der Waals surface area (Å²) in [5, 5.41) is 3.66. The minimum Gasteiger partial charge on any atom is -0.454 e. The molecule has 2 aliphatic rings. The van der Waals surface area contributed by atoms with Gasteiger partial charge < -0.3 is 14.8 Å². The van der Waals surface area contributed by atoms with Gasteiger partial charge in [-0.1, -0.05) is 25.8 Å². The smallest absolute Gasteiger partial charge is 0.231 e. The van der Waals surface area contributed by atoms with Crippen molar-refractivity contribution in [3.05, 3.63) is 23.8 Å². The number of benzene rings is 1. The molecule has 2 atom stereocenters. The van der Waals surface area contributed by atoms with Crippen molar-refractivity contribution in [2.75, 3.05) is 6.79 Å². The predicted octanol–water partition coefficient (Wildman–Crippen LogP) is 3.08. The first-order valence-electron chi connectivity index (χ1n) is 6.93. The first kappa shape index (κ1) is 11.8. The molecule has 1 aliphatic heterocycles. The zero-order valence-electron chi connectivity index (χ0n) is 10.9. The third-order valence-electron chi connectivity index (χ3n) is 3.97. The molecular weight excluding hydrogens is 226 g/mol. The van der Waals surface area contributed by atoms with Crippen molar-refractivity contribution >= 4 is 0 Å². The van der Waals surface area contributed by atoms with Crippen molar-refractivity contribution < 1.29 is 9.47 Å². The summed E-state index contributed by atoms with van der Waals surface area (Å²) < 4.78 is 10.7. The normalized spacial score (nSPS) is 26.3. The lowest BCUT2D eigenvalue weighted by Crippen LogP contribution is -2.33. The van der Waals surface area contributed by atoms with Gasteiger partial charge in [0.15, 0.2) is 11.5 Å². The van der Waals surface area contributed by atoms with E-state index in [0.29, 0.717) is 12.8 Å². The van der Waals surface area contributed by atoms with Crippen LogP contribution in [-0.2, 0) is 6.54 Å². The number of fused-ring (bicyclic) bond motifs is 1. The van der Waals surface area contributed by atoms with E-state index >= 15 is 0 Å². The molecule has 1 aliphatic carbocycles. The second-order valence-corrected chi connectivity index (χ2v) is 5.54. The third-order valence-corrected chi connectivity index (χ3v) is 3.97. The molecule has 2 unspecified atom stereocenters. The van der Waals surface area contributed by atoms with Crippen LogP contribution in [-0.4, -0.2) is 12.8 Å². The summed E-state index contributed by atoms with van der Waals surface area (Å²) >= 11 is 0. The van der Waals surface area contributed by atoms with Crippen molar-refractivity contribution in [1.29, 1.82) is 0 Å². The molecule has 3 rings (SSSR count). The highest BCUT2D eigenvalue weighted by Crippen LogP contribution is 2.32. The van der Waals surface area contributed by atoms with Gasteiger partial charge in [-0.05, 0) is 36.5 Å². The van der Waals surface area contributed by atoms with Crippen LogP contribution in [0.3, 0.4) is 0 Å². The first-order valence-corrected chi connectivity index (χ1v) is 6.93. The second kappa shape index (κ2) is 5.19.